The number of rotatable bonds is 3. The maximum Gasteiger partial charge on any atom is 0.321 e. The van der Waals surface area contributed by atoms with Crippen LogP contribution in [-0.2, 0) is 11.8 Å². The normalized spacial score (nSPS) is 11.9. The third-order valence-electron chi connectivity index (χ3n) is 1.70. The van der Waals surface area contributed by atoms with Crippen LogP contribution in [0, 0.1) is 0 Å². The van der Waals surface area contributed by atoms with E-state index >= 15 is 0 Å². The predicted molar refractivity (Wildman–Crippen MR) is 56.7 cm³/mol. The van der Waals surface area contributed by atoms with E-state index in [1.165, 1.54) is 23.5 Å². The second-order valence-electron chi connectivity index (χ2n) is 2.91. The number of nitrogens with zero attached hydrogens (tertiary/aromatic N) is 4. The Bertz CT molecular complexity index is 392. The van der Waals surface area contributed by atoms with Gasteiger partial charge in [0, 0.05) is 14.1 Å². The minimum absolute atomic E-state index is 0.396. The van der Waals surface area contributed by atoms with E-state index in [1.807, 2.05) is 0 Å². The smallest absolute Gasteiger partial charge is 0.321 e. The van der Waals surface area contributed by atoms with Crippen molar-refractivity contribution >= 4 is 23.7 Å². The number of hydrogen-bond donors (Lipinski definition) is 2. The van der Waals surface area contributed by atoms with E-state index in [4.69, 9.17) is 0 Å². The largest absolute Gasteiger partial charge is 0.341 e. The van der Waals surface area contributed by atoms with Gasteiger partial charge in [0.2, 0.25) is 11.1 Å². The standard InChI is InChI=1S/C7H12N6O2S/c1-4(5(14)9-6(15)8-2)16-7-10-11-12-13(7)3/h4H,1-3H3,(H2,8,9,14,15). The number of urea groups is 1. The lowest BCUT2D eigenvalue weighted by Crippen LogP contribution is -2.41. The fraction of sp³-hybridized carbons (Fsp3) is 0.571. The van der Waals surface area contributed by atoms with Crippen LogP contribution >= 0.6 is 11.8 Å². The molecule has 0 aliphatic rings. The number of nitrogens with one attached hydrogen (secondary N) is 2. The highest BCUT2D eigenvalue weighted by molar-refractivity contribution is 8.00. The van der Waals surface area contributed by atoms with Gasteiger partial charge in [-0.1, -0.05) is 11.8 Å². The fourth-order valence-electron chi connectivity index (χ4n) is 0.809. The summed E-state index contributed by atoms with van der Waals surface area (Å²) in [7, 11) is 3.11. The molecule has 0 fully saturated rings. The summed E-state index contributed by atoms with van der Waals surface area (Å²) in [4.78, 5) is 22.4. The summed E-state index contributed by atoms with van der Waals surface area (Å²) < 4.78 is 1.45. The predicted octanol–water partition coefficient (Wildman–Crippen LogP) is -0.854. The van der Waals surface area contributed by atoms with Crippen molar-refractivity contribution in [1.82, 2.24) is 30.8 Å². The third kappa shape index (κ3) is 3.19. The van der Waals surface area contributed by atoms with Crippen molar-refractivity contribution in [2.75, 3.05) is 7.05 Å². The molecule has 8 nitrogen and oxygen atoms in total. The van der Waals surface area contributed by atoms with Gasteiger partial charge in [0.15, 0.2) is 0 Å². The molecule has 0 aromatic carbocycles. The average molecular weight is 244 g/mol. The van der Waals surface area contributed by atoms with Gasteiger partial charge >= 0.3 is 6.03 Å². The first-order valence-corrected chi connectivity index (χ1v) is 5.34. The van der Waals surface area contributed by atoms with E-state index in [0.717, 1.165) is 0 Å². The van der Waals surface area contributed by atoms with Gasteiger partial charge in [-0.15, -0.1) is 5.10 Å². The van der Waals surface area contributed by atoms with Gasteiger partial charge in [0.25, 0.3) is 0 Å². The number of carbonyl (C=O) groups excluding carboxylic acids is 2. The van der Waals surface area contributed by atoms with Crippen LogP contribution in [0.25, 0.3) is 0 Å². The SMILES string of the molecule is CNC(=O)NC(=O)C(C)Sc1nnnn1C. The molecular formula is C7H12N6O2S. The summed E-state index contributed by atoms with van der Waals surface area (Å²) in [5.74, 6) is -0.396. The zero-order valence-electron chi connectivity index (χ0n) is 9.09. The highest BCUT2D eigenvalue weighted by Crippen LogP contribution is 2.18. The van der Waals surface area contributed by atoms with Gasteiger partial charge in [-0.25, -0.2) is 9.48 Å². The summed E-state index contributed by atoms with van der Waals surface area (Å²) in [6, 6.07) is -0.534. The topological polar surface area (TPSA) is 102 Å². The third-order valence-corrected chi connectivity index (χ3v) is 2.82. The molecule has 9 heteroatoms. The zero-order valence-corrected chi connectivity index (χ0v) is 9.91. The van der Waals surface area contributed by atoms with Crippen LogP contribution in [0.3, 0.4) is 0 Å². The molecule has 0 aliphatic heterocycles. The number of thioether (sulfide) groups is 1. The molecule has 16 heavy (non-hydrogen) atoms. The number of hydrogen-bond acceptors (Lipinski definition) is 6. The molecule has 1 rings (SSSR count). The van der Waals surface area contributed by atoms with Gasteiger partial charge < -0.3 is 5.32 Å². The molecule has 0 bridgehead atoms. The van der Waals surface area contributed by atoms with E-state index < -0.39 is 17.2 Å². The van der Waals surface area contributed by atoms with Crippen molar-refractivity contribution in [3.63, 3.8) is 0 Å². The van der Waals surface area contributed by atoms with Crippen molar-refractivity contribution in [2.45, 2.75) is 17.3 Å². The molecule has 1 atom stereocenters. The summed E-state index contributed by atoms with van der Waals surface area (Å²) >= 11 is 1.17. The number of tetrazole rings is 1. The lowest BCUT2D eigenvalue weighted by Gasteiger charge is -2.09. The van der Waals surface area contributed by atoms with Crippen LogP contribution in [0.1, 0.15) is 6.92 Å². The molecule has 1 aromatic heterocycles. The van der Waals surface area contributed by atoms with E-state index in [1.54, 1.807) is 14.0 Å². The van der Waals surface area contributed by atoms with Crippen LogP contribution in [0.2, 0.25) is 0 Å². The van der Waals surface area contributed by atoms with E-state index in [0.29, 0.717) is 5.16 Å². The number of imide groups is 1. The monoisotopic (exact) mass is 244 g/mol. The number of aryl methyl sites for hydroxylation is 1. The number of amides is 3. The first-order chi connectivity index (χ1) is 7.54. The van der Waals surface area contributed by atoms with Crippen LogP contribution in [0.4, 0.5) is 4.79 Å². The van der Waals surface area contributed by atoms with Crippen LogP contribution < -0.4 is 10.6 Å². The Balaban J connectivity index is 2.52. The van der Waals surface area contributed by atoms with Crippen LogP contribution in [-0.4, -0.2) is 44.4 Å². The summed E-state index contributed by atoms with van der Waals surface area (Å²) in [5.41, 5.74) is 0. The molecule has 0 saturated heterocycles. The van der Waals surface area contributed by atoms with Gasteiger partial charge in [0.05, 0.1) is 5.25 Å². The molecule has 88 valence electrons. The van der Waals surface area contributed by atoms with Crippen molar-refractivity contribution in [2.24, 2.45) is 7.05 Å². The van der Waals surface area contributed by atoms with Gasteiger partial charge in [-0.3, -0.25) is 10.1 Å². The quantitative estimate of drug-likeness (QED) is 0.671. The molecule has 3 amide bonds. The zero-order chi connectivity index (χ0) is 12.1. The van der Waals surface area contributed by atoms with Crippen LogP contribution in [0.5, 0.6) is 0 Å². The minimum Gasteiger partial charge on any atom is -0.341 e. The first-order valence-electron chi connectivity index (χ1n) is 4.46. The Hall–Kier alpha value is -1.64. The molecule has 0 aliphatic carbocycles. The van der Waals surface area contributed by atoms with Crippen LogP contribution in [0.15, 0.2) is 5.16 Å². The minimum atomic E-state index is -0.534. The Morgan fingerprint density at radius 3 is 2.69 bits per heavy atom. The molecule has 0 saturated carbocycles. The second kappa shape index (κ2) is 5.45. The van der Waals surface area contributed by atoms with Crippen molar-refractivity contribution in [1.29, 1.82) is 0 Å². The van der Waals surface area contributed by atoms with E-state index in [-0.39, 0.29) is 0 Å². The summed E-state index contributed by atoms with van der Waals surface area (Å²) in [6.45, 7) is 1.66. The Morgan fingerprint density at radius 2 is 2.19 bits per heavy atom. The average Bonchev–Trinajstić information content (AvgIpc) is 2.64. The van der Waals surface area contributed by atoms with Gasteiger partial charge in [-0.2, -0.15) is 0 Å². The maximum atomic E-state index is 11.5. The Morgan fingerprint density at radius 1 is 1.50 bits per heavy atom. The molecule has 0 spiro atoms. The molecule has 1 heterocycles. The van der Waals surface area contributed by atoms with Gasteiger partial charge in [-0.05, 0) is 17.4 Å². The Kier molecular flexibility index (Phi) is 4.23. The molecular weight excluding hydrogens is 232 g/mol. The number of aromatic nitrogens is 4. The van der Waals surface area contributed by atoms with Crippen molar-refractivity contribution in [3.8, 4) is 0 Å². The second-order valence-corrected chi connectivity index (χ2v) is 4.22. The number of carbonyl (C=O) groups is 2. The first kappa shape index (κ1) is 12.4. The van der Waals surface area contributed by atoms with E-state index in [9.17, 15) is 9.59 Å². The molecule has 1 aromatic rings. The summed E-state index contributed by atoms with van der Waals surface area (Å²) in [6.07, 6.45) is 0. The highest BCUT2D eigenvalue weighted by Gasteiger charge is 2.18. The highest BCUT2D eigenvalue weighted by atomic mass is 32.2. The van der Waals surface area contributed by atoms with Crippen molar-refractivity contribution in [3.05, 3.63) is 0 Å². The summed E-state index contributed by atoms with van der Waals surface area (Å²) in [5, 5.41) is 15.3. The Labute approximate surface area is 96.2 Å². The lowest BCUT2D eigenvalue weighted by molar-refractivity contribution is -0.119. The molecule has 0 radical (unpaired) electrons. The fourth-order valence-corrected chi connectivity index (χ4v) is 1.56. The van der Waals surface area contributed by atoms with E-state index in [2.05, 4.69) is 26.2 Å². The van der Waals surface area contributed by atoms with Gasteiger partial charge in [0.1, 0.15) is 0 Å². The lowest BCUT2D eigenvalue weighted by atomic mass is 10.4. The maximum absolute atomic E-state index is 11.5. The van der Waals surface area contributed by atoms with Crippen molar-refractivity contribution < 1.29 is 9.59 Å². The molecule has 1 unspecified atom stereocenters. The molecule has 2 N–H and O–H groups in total.